The predicted octanol–water partition coefficient (Wildman–Crippen LogP) is 4.36. The number of para-hydroxylation sites is 1. The summed E-state index contributed by atoms with van der Waals surface area (Å²) in [5.74, 6) is 2.55. The van der Waals surface area contributed by atoms with Crippen molar-refractivity contribution in [1.29, 1.82) is 0 Å². The average molecular weight is 356 g/mol. The first-order chi connectivity index (χ1) is 12.1. The van der Waals surface area contributed by atoms with Gasteiger partial charge in [0.15, 0.2) is 5.11 Å². The number of hydrogen-bond acceptors (Lipinski definition) is 3. The number of aryl methyl sites for hydroxylation is 2. The normalized spacial score (nSPS) is 24.5. The molecule has 0 aliphatic heterocycles. The van der Waals surface area contributed by atoms with Crippen molar-refractivity contribution in [1.82, 2.24) is 10.5 Å². The van der Waals surface area contributed by atoms with Gasteiger partial charge in [-0.2, -0.15) is 0 Å². The first kappa shape index (κ1) is 16.6. The SMILES string of the molecule is Cc1noc(C)c1CN(C(=S)N[C@@H]1C[C@H]2CC[C@@H]1C2)c1ccccc1. The molecular weight excluding hydrogens is 330 g/mol. The first-order valence-electron chi connectivity index (χ1n) is 9.16. The summed E-state index contributed by atoms with van der Waals surface area (Å²) < 4.78 is 5.35. The molecule has 0 spiro atoms. The lowest BCUT2D eigenvalue weighted by atomic mass is 9.95. The van der Waals surface area contributed by atoms with Crippen molar-refractivity contribution in [2.45, 2.75) is 52.1 Å². The van der Waals surface area contributed by atoms with Gasteiger partial charge in [0.2, 0.25) is 0 Å². The van der Waals surface area contributed by atoms with Gasteiger partial charge in [-0.15, -0.1) is 0 Å². The summed E-state index contributed by atoms with van der Waals surface area (Å²) in [5, 5.41) is 8.57. The highest BCUT2D eigenvalue weighted by Gasteiger charge is 2.40. The van der Waals surface area contributed by atoms with Gasteiger partial charge in [0, 0.05) is 17.3 Å². The quantitative estimate of drug-likeness (QED) is 0.825. The van der Waals surface area contributed by atoms with Gasteiger partial charge in [-0.05, 0) is 69.3 Å². The van der Waals surface area contributed by atoms with Gasteiger partial charge >= 0.3 is 0 Å². The molecule has 2 saturated carbocycles. The van der Waals surface area contributed by atoms with E-state index in [4.69, 9.17) is 16.7 Å². The van der Waals surface area contributed by atoms with Crippen LogP contribution in [0.3, 0.4) is 0 Å². The molecule has 4 rings (SSSR count). The molecule has 2 aliphatic rings. The van der Waals surface area contributed by atoms with Crippen LogP contribution in [0.25, 0.3) is 0 Å². The molecule has 0 radical (unpaired) electrons. The molecule has 1 aromatic carbocycles. The number of nitrogens with zero attached hydrogens (tertiary/aromatic N) is 2. The van der Waals surface area contributed by atoms with Crippen molar-refractivity contribution < 1.29 is 4.52 Å². The highest BCUT2D eigenvalue weighted by Crippen LogP contribution is 2.44. The number of benzene rings is 1. The fraction of sp³-hybridized carbons (Fsp3) is 0.500. The van der Waals surface area contributed by atoms with Crippen LogP contribution in [0.5, 0.6) is 0 Å². The zero-order valence-electron chi connectivity index (χ0n) is 14.9. The summed E-state index contributed by atoms with van der Waals surface area (Å²) in [6.45, 7) is 4.63. The van der Waals surface area contributed by atoms with Crippen LogP contribution >= 0.6 is 12.2 Å². The zero-order valence-corrected chi connectivity index (χ0v) is 15.7. The first-order valence-corrected chi connectivity index (χ1v) is 9.57. The highest BCUT2D eigenvalue weighted by molar-refractivity contribution is 7.80. The summed E-state index contributed by atoms with van der Waals surface area (Å²) in [5.41, 5.74) is 3.14. The highest BCUT2D eigenvalue weighted by atomic mass is 32.1. The molecule has 132 valence electrons. The molecule has 0 saturated heterocycles. The third-order valence-electron chi connectivity index (χ3n) is 5.86. The number of anilines is 1. The maximum atomic E-state index is 5.83. The molecule has 5 heteroatoms. The van der Waals surface area contributed by atoms with Crippen molar-refractivity contribution in [2.75, 3.05) is 4.90 Å². The van der Waals surface area contributed by atoms with Gasteiger partial charge in [-0.1, -0.05) is 29.8 Å². The summed E-state index contributed by atoms with van der Waals surface area (Å²) in [4.78, 5) is 2.17. The third kappa shape index (κ3) is 3.30. The molecule has 0 amide bonds. The summed E-state index contributed by atoms with van der Waals surface area (Å²) in [6, 6.07) is 10.9. The largest absolute Gasteiger partial charge is 0.361 e. The van der Waals surface area contributed by atoms with Gasteiger partial charge in [0.25, 0.3) is 0 Å². The van der Waals surface area contributed by atoms with Crippen LogP contribution in [0.2, 0.25) is 0 Å². The molecule has 3 atom stereocenters. The summed E-state index contributed by atoms with van der Waals surface area (Å²) in [6.07, 6.45) is 5.38. The second-order valence-electron chi connectivity index (χ2n) is 7.46. The van der Waals surface area contributed by atoms with E-state index < -0.39 is 0 Å². The van der Waals surface area contributed by atoms with E-state index in [2.05, 4.69) is 39.6 Å². The van der Waals surface area contributed by atoms with E-state index in [1.54, 1.807) is 0 Å². The van der Waals surface area contributed by atoms with Crippen molar-refractivity contribution in [2.24, 2.45) is 11.8 Å². The number of nitrogens with one attached hydrogen (secondary N) is 1. The molecule has 2 fully saturated rings. The van der Waals surface area contributed by atoms with Crippen LogP contribution in [0.15, 0.2) is 34.9 Å². The standard InChI is InChI=1S/C20H25N3OS/c1-13-18(14(2)24-22-13)12-23(17-6-4-3-5-7-17)20(25)21-19-11-15-8-9-16(19)10-15/h3-7,15-16,19H,8-12H2,1-2H3,(H,21,25)/t15-,16+,19+/m0/s1. The van der Waals surface area contributed by atoms with E-state index in [-0.39, 0.29) is 0 Å². The molecule has 2 bridgehead atoms. The van der Waals surface area contributed by atoms with Gasteiger partial charge in [-0.3, -0.25) is 0 Å². The summed E-state index contributed by atoms with van der Waals surface area (Å²) in [7, 11) is 0. The van der Waals surface area contributed by atoms with Gasteiger partial charge in [-0.25, -0.2) is 0 Å². The van der Waals surface area contributed by atoms with Gasteiger partial charge in [0.1, 0.15) is 5.76 Å². The average Bonchev–Trinajstić information content (AvgIpc) is 3.31. The fourth-order valence-corrected chi connectivity index (χ4v) is 4.75. The topological polar surface area (TPSA) is 41.3 Å². The van der Waals surface area contributed by atoms with Crippen molar-refractivity contribution in [3.05, 3.63) is 47.3 Å². The molecule has 4 nitrogen and oxygen atoms in total. The van der Waals surface area contributed by atoms with E-state index in [0.29, 0.717) is 12.6 Å². The lowest BCUT2D eigenvalue weighted by molar-refractivity contribution is 0.390. The number of thiocarbonyl (C=S) groups is 1. The molecule has 1 heterocycles. The minimum atomic E-state index is 0.530. The van der Waals surface area contributed by atoms with Crippen molar-refractivity contribution >= 4 is 23.0 Å². The third-order valence-corrected chi connectivity index (χ3v) is 6.20. The van der Waals surface area contributed by atoms with Crippen LogP contribution in [-0.2, 0) is 6.54 Å². The van der Waals surface area contributed by atoms with E-state index in [1.165, 1.54) is 25.7 Å². The predicted molar refractivity (Wildman–Crippen MR) is 104 cm³/mol. The second kappa shape index (κ2) is 6.79. The Balaban J connectivity index is 1.56. The second-order valence-corrected chi connectivity index (χ2v) is 7.84. The number of fused-ring (bicyclic) bond motifs is 2. The maximum Gasteiger partial charge on any atom is 0.174 e. The van der Waals surface area contributed by atoms with Crippen LogP contribution in [-0.4, -0.2) is 16.3 Å². The molecular formula is C20H25N3OS. The van der Waals surface area contributed by atoms with Crippen LogP contribution < -0.4 is 10.2 Å². The number of aromatic nitrogens is 1. The van der Waals surface area contributed by atoms with Crippen molar-refractivity contribution in [3.8, 4) is 0 Å². The lowest BCUT2D eigenvalue weighted by Gasteiger charge is -2.31. The van der Waals surface area contributed by atoms with Gasteiger partial charge in [0.05, 0.1) is 12.2 Å². The smallest absolute Gasteiger partial charge is 0.174 e. The molecule has 2 aromatic rings. The molecule has 0 unspecified atom stereocenters. The minimum absolute atomic E-state index is 0.530. The minimum Gasteiger partial charge on any atom is -0.361 e. The number of rotatable bonds is 4. The molecule has 25 heavy (non-hydrogen) atoms. The Hall–Kier alpha value is -1.88. The van der Waals surface area contributed by atoms with Gasteiger partial charge < -0.3 is 14.7 Å². The van der Waals surface area contributed by atoms with E-state index in [1.807, 2.05) is 19.9 Å². The molecule has 1 N–H and O–H groups in total. The molecule has 2 aliphatic carbocycles. The monoisotopic (exact) mass is 355 g/mol. The Kier molecular flexibility index (Phi) is 4.50. The molecule has 1 aromatic heterocycles. The maximum absolute atomic E-state index is 5.83. The Bertz CT molecular complexity index is 738. The van der Waals surface area contributed by atoms with Crippen molar-refractivity contribution in [3.63, 3.8) is 0 Å². The van der Waals surface area contributed by atoms with Crippen LogP contribution in [0.4, 0.5) is 5.69 Å². The van der Waals surface area contributed by atoms with Crippen LogP contribution in [0.1, 0.15) is 42.7 Å². The Morgan fingerprint density at radius 3 is 2.64 bits per heavy atom. The van der Waals surface area contributed by atoms with E-state index >= 15 is 0 Å². The Morgan fingerprint density at radius 2 is 2.04 bits per heavy atom. The van der Waals surface area contributed by atoms with Crippen LogP contribution in [0, 0.1) is 25.7 Å². The lowest BCUT2D eigenvalue weighted by Crippen LogP contribution is -2.46. The fourth-order valence-electron chi connectivity index (χ4n) is 4.43. The summed E-state index contributed by atoms with van der Waals surface area (Å²) >= 11 is 5.83. The zero-order chi connectivity index (χ0) is 17.4. The Morgan fingerprint density at radius 1 is 1.24 bits per heavy atom. The number of hydrogen-bond donors (Lipinski definition) is 1. The Labute approximate surface area is 154 Å². The van der Waals surface area contributed by atoms with E-state index in [0.717, 1.165) is 39.7 Å². The van der Waals surface area contributed by atoms with E-state index in [9.17, 15) is 0 Å².